The number of rotatable bonds is 3. The second kappa shape index (κ2) is 5.32. The summed E-state index contributed by atoms with van der Waals surface area (Å²) < 4.78 is 0. The van der Waals surface area contributed by atoms with Crippen LogP contribution in [0.2, 0.25) is 0 Å². The minimum absolute atomic E-state index is 0.157. The van der Waals surface area contributed by atoms with Crippen LogP contribution in [0.5, 0.6) is 0 Å². The van der Waals surface area contributed by atoms with E-state index in [1.807, 2.05) is 11.9 Å². The van der Waals surface area contributed by atoms with Crippen molar-refractivity contribution in [3.05, 3.63) is 0 Å². The molecule has 4 nitrogen and oxygen atoms in total. The van der Waals surface area contributed by atoms with Crippen LogP contribution >= 0.6 is 0 Å². The van der Waals surface area contributed by atoms with Gasteiger partial charge < -0.3 is 15.5 Å². The molecule has 14 heavy (non-hydrogen) atoms. The maximum absolute atomic E-state index is 11.2. The van der Waals surface area contributed by atoms with Crippen molar-refractivity contribution in [2.24, 2.45) is 5.73 Å². The van der Waals surface area contributed by atoms with E-state index in [0.717, 1.165) is 26.1 Å². The Morgan fingerprint density at radius 3 is 2.93 bits per heavy atom. The first-order chi connectivity index (χ1) is 6.65. The summed E-state index contributed by atoms with van der Waals surface area (Å²) in [5.74, 6) is 0.157. The summed E-state index contributed by atoms with van der Waals surface area (Å²) in [6.45, 7) is 5.38. The van der Waals surface area contributed by atoms with E-state index in [1.54, 1.807) is 6.92 Å². The average Bonchev–Trinajstić information content (AvgIpc) is 2.17. The molecule has 0 radical (unpaired) electrons. The quantitative estimate of drug-likeness (QED) is 0.690. The van der Waals surface area contributed by atoms with E-state index in [2.05, 4.69) is 4.90 Å². The molecule has 1 rings (SSSR count). The number of likely N-dealkylation sites (tertiary alicyclic amines) is 1. The highest BCUT2D eigenvalue weighted by Gasteiger charge is 2.23. The van der Waals surface area contributed by atoms with Gasteiger partial charge in [0.1, 0.15) is 0 Å². The van der Waals surface area contributed by atoms with Gasteiger partial charge in [-0.3, -0.25) is 4.79 Å². The highest BCUT2D eigenvalue weighted by molar-refractivity contribution is 5.73. The van der Waals surface area contributed by atoms with Crippen LogP contribution in [0.25, 0.3) is 0 Å². The summed E-state index contributed by atoms with van der Waals surface area (Å²) in [6, 6.07) is 0.382. The molecular formula is C10H21N3O. The monoisotopic (exact) mass is 199 g/mol. The van der Waals surface area contributed by atoms with Crippen molar-refractivity contribution in [2.75, 3.05) is 33.2 Å². The average molecular weight is 199 g/mol. The molecule has 0 aromatic rings. The van der Waals surface area contributed by atoms with Gasteiger partial charge in [-0.1, -0.05) is 0 Å². The van der Waals surface area contributed by atoms with Crippen molar-refractivity contribution in [2.45, 2.75) is 25.8 Å². The molecule has 0 spiro atoms. The van der Waals surface area contributed by atoms with Gasteiger partial charge in [0.15, 0.2) is 0 Å². The molecule has 1 amide bonds. The molecule has 1 fully saturated rings. The van der Waals surface area contributed by atoms with Crippen LogP contribution in [0.3, 0.4) is 0 Å². The molecule has 0 aliphatic carbocycles. The second-order valence-corrected chi connectivity index (χ2v) is 4.02. The molecule has 0 saturated carbocycles. The van der Waals surface area contributed by atoms with Crippen molar-refractivity contribution in [1.82, 2.24) is 9.80 Å². The summed E-state index contributed by atoms with van der Waals surface area (Å²) >= 11 is 0. The van der Waals surface area contributed by atoms with Gasteiger partial charge >= 0.3 is 0 Å². The minimum atomic E-state index is 0.157. The molecular weight excluding hydrogens is 178 g/mol. The lowest BCUT2D eigenvalue weighted by Gasteiger charge is -2.37. The first kappa shape index (κ1) is 11.5. The molecule has 0 unspecified atom stereocenters. The largest absolute Gasteiger partial charge is 0.342 e. The highest BCUT2D eigenvalue weighted by atomic mass is 16.2. The van der Waals surface area contributed by atoms with E-state index in [9.17, 15) is 4.79 Å². The Kier molecular flexibility index (Phi) is 4.35. The predicted octanol–water partition coefficient (Wildman–Crippen LogP) is -0.112. The third kappa shape index (κ3) is 2.96. The topological polar surface area (TPSA) is 49.6 Å². The Morgan fingerprint density at radius 2 is 2.36 bits per heavy atom. The molecule has 2 N–H and O–H groups in total. The zero-order chi connectivity index (χ0) is 10.6. The minimum Gasteiger partial charge on any atom is -0.342 e. The van der Waals surface area contributed by atoms with Gasteiger partial charge in [-0.15, -0.1) is 0 Å². The fourth-order valence-corrected chi connectivity index (χ4v) is 1.99. The summed E-state index contributed by atoms with van der Waals surface area (Å²) in [5, 5.41) is 0. The summed E-state index contributed by atoms with van der Waals surface area (Å²) in [4.78, 5) is 15.4. The number of carbonyl (C=O) groups excluding carboxylic acids is 1. The molecule has 82 valence electrons. The lowest BCUT2D eigenvalue weighted by molar-refractivity contribution is -0.130. The maximum atomic E-state index is 11.2. The molecule has 1 heterocycles. The van der Waals surface area contributed by atoms with E-state index in [-0.39, 0.29) is 5.91 Å². The van der Waals surface area contributed by atoms with Crippen LogP contribution in [0, 0.1) is 0 Å². The molecule has 1 atom stereocenters. The van der Waals surface area contributed by atoms with E-state index >= 15 is 0 Å². The Morgan fingerprint density at radius 1 is 1.64 bits per heavy atom. The molecule has 1 saturated heterocycles. The van der Waals surface area contributed by atoms with Crippen molar-refractivity contribution in [3.63, 3.8) is 0 Å². The van der Waals surface area contributed by atoms with Crippen LogP contribution in [0.1, 0.15) is 19.8 Å². The van der Waals surface area contributed by atoms with Gasteiger partial charge in [-0.25, -0.2) is 0 Å². The van der Waals surface area contributed by atoms with Gasteiger partial charge in [0.2, 0.25) is 5.91 Å². The number of nitrogens with two attached hydrogens (primary N) is 1. The first-order valence-corrected chi connectivity index (χ1v) is 5.31. The van der Waals surface area contributed by atoms with Crippen molar-refractivity contribution >= 4 is 5.91 Å². The second-order valence-electron chi connectivity index (χ2n) is 4.02. The predicted molar refractivity (Wildman–Crippen MR) is 57.0 cm³/mol. The first-order valence-electron chi connectivity index (χ1n) is 5.31. The zero-order valence-corrected chi connectivity index (χ0v) is 9.20. The van der Waals surface area contributed by atoms with Crippen LogP contribution < -0.4 is 5.73 Å². The van der Waals surface area contributed by atoms with E-state index in [1.165, 1.54) is 6.42 Å². The smallest absolute Gasteiger partial charge is 0.219 e. The normalized spacial score (nSPS) is 23.5. The van der Waals surface area contributed by atoms with E-state index in [0.29, 0.717) is 12.6 Å². The van der Waals surface area contributed by atoms with Crippen LogP contribution in [-0.2, 0) is 4.79 Å². The fourth-order valence-electron chi connectivity index (χ4n) is 1.99. The number of hydrogen-bond donors (Lipinski definition) is 1. The number of nitrogens with zero attached hydrogens (tertiary/aromatic N) is 2. The maximum Gasteiger partial charge on any atom is 0.219 e. The van der Waals surface area contributed by atoms with Gasteiger partial charge in [0, 0.05) is 39.6 Å². The van der Waals surface area contributed by atoms with Crippen LogP contribution in [0.15, 0.2) is 0 Å². The third-order valence-corrected chi connectivity index (χ3v) is 2.97. The zero-order valence-electron chi connectivity index (χ0n) is 9.20. The standard InChI is InChI=1S/C10H21N3O/c1-9(14)12(2)10-4-3-6-13(8-10)7-5-11/h10H,3-8,11H2,1-2H3/t10-/m0/s1. The molecule has 0 aromatic carbocycles. The number of likely N-dealkylation sites (N-methyl/N-ethyl adjacent to an activating group) is 1. The van der Waals surface area contributed by atoms with Gasteiger partial charge in [-0.2, -0.15) is 0 Å². The molecule has 0 bridgehead atoms. The van der Waals surface area contributed by atoms with Crippen LogP contribution in [0.4, 0.5) is 0 Å². The third-order valence-electron chi connectivity index (χ3n) is 2.97. The van der Waals surface area contributed by atoms with Crippen molar-refractivity contribution in [3.8, 4) is 0 Å². The number of amides is 1. The molecule has 1 aliphatic rings. The van der Waals surface area contributed by atoms with Crippen molar-refractivity contribution in [1.29, 1.82) is 0 Å². The summed E-state index contributed by atoms with van der Waals surface area (Å²) in [5.41, 5.74) is 5.52. The number of hydrogen-bond acceptors (Lipinski definition) is 3. The van der Waals surface area contributed by atoms with Gasteiger partial charge in [0.25, 0.3) is 0 Å². The molecule has 0 aromatic heterocycles. The Labute approximate surface area is 86.0 Å². The van der Waals surface area contributed by atoms with Crippen LogP contribution in [-0.4, -0.2) is 55.0 Å². The lowest BCUT2D eigenvalue weighted by Crippen LogP contribution is -2.48. The summed E-state index contributed by atoms with van der Waals surface area (Å²) in [7, 11) is 1.89. The highest BCUT2D eigenvalue weighted by Crippen LogP contribution is 2.14. The fraction of sp³-hybridized carbons (Fsp3) is 0.900. The Balaban J connectivity index is 2.43. The van der Waals surface area contributed by atoms with Crippen molar-refractivity contribution < 1.29 is 4.79 Å². The summed E-state index contributed by atoms with van der Waals surface area (Å²) in [6.07, 6.45) is 2.29. The van der Waals surface area contributed by atoms with E-state index in [4.69, 9.17) is 5.73 Å². The lowest BCUT2D eigenvalue weighted by atomic mass is 10.0. The molecule has 4 heteroatoms. The van der Waals surface area contributed by atoms with Gasteiger partial charge in [-0.05, 0) is 19.4 Å². The number of piperidine rings is 1. The van der Waals surface area contributed by atoms with Gasteiger partial charge in [0.05, 0.1) is 0 Å². The Hall–Kier alpha value is -0.610. The Bertz CT molecular complexity index is 194. The number of carbonyl (C=O) groups is 1. The van der Waals surface area contributed by atoms with E-state index < -0.39 is 0 Å². The molecule has 1 aliphatic heterocycles. The SMILES string of the molecule is CC(=O)N(C)[C@H]1CCCN(CCN)C1.